The van der Waals surface area contributed by atoms with E-state index in [1.54, 1.807) is 20.8 Å². The van der Waals surface area contributed by atoms with E-state index in [0.29, 0.717) is 24.1 Å². The van der Waals surface area contributed by atoms with Crippen LogP contribution in [-0.4, -0.2) is 70.9 Å². The second kappa shape index (κ2) is 16.2. The molecule has 14 heteroatoms. The number of hydrogen-bond donors (Lipinski definition) is 3. The summed E-state index contributed by atoms with van der Waals surface area (Å²) >= 11 is 0. The van der Waals surface area contributed by atoms with E-state index in [1.807, 2.05) is 30.3 Å². The molecule has 0 aliphatic heterocycles. The number of nitrogens with one attached hydrogen (secondary N) is 2. The highest BCUT2D eigenvalue weighted by molar-refractivity contribution is 6.02. The molecule has 0 spiro atoms. The molecule has 13 nitrogen and oxygen atoms in total. The fourth-order valence-electron chi connectivity index (χ4n) is 4.36. The lowest BCUT2D eigenvalue weighted by molar-refractivity contribution is -0.156. The summed E-state index contributed by atoms with van der Waals surface area (Å²) in [5.41, 5.74) is 6.51. The van der Waals surface area contributed by atoms with Crippen molar-refractivity contribution in [3.05, 3.63) is 65.4 Å². The first-order valence-corrected chi connectivity index (χ1v) is 14.6. The molecule has 1 aliphatic rings. The number of nitrogens with zero attached hydrogens (tertiary/aromatic N) is 3. The largest absolute Gasteiger partial charge is 0.491 e. The second-order valence-electron chi connectivity index (χ2n) is 11.6. The van der Waals surface area contributed by atoms with Crippen molar-refractivity contribution in [2.75, 3.05) is 20.3 Å². The first-order valence-electron chi connectivity index (χ1n) is 14.6. The molecule has 0 saturated heterocycles. The Hall–Kier alpha value is -4.23. The number of nitrogens with two attached hydrogens (primary N) is 1. The third-order valence-corrected chi connectivity index (χ3v) is 6.57. The van der Waals surface area contributed by atoms with Crippen LogP contribution >= 0.6 is 12.4 Å². The predicted molar refractivity (Wildman–Crippen MR) is 166 cm³/mol. The van der Waals surface area contributed by atoms with Crippen LogP contribution in [-0.2, 0) is 27.2 Å². The number of carbonyl (C=O) groups excluding carboxylic acids is 3. The molecule has 0 radical (unpaired) electrons. The van der Waals surface area contributed by atoms with E-state index >= 15 is 0 Å². The average molecular weight is 645 g/mol. The zero-order valence-electron chi connectivity index (χ0n) is 25.9. The summed E-state index contributed by atoms with van der Waals surface area (Å²) < 4.78 is 22.0. The fourth-order valence-corrected chi connectivity index (χ4v) is 4.36. The van der Waals surface area contributed by atoms with Gasteiger partial charge in [0, 0.05) is 31.1 Å². The van der Waals surface area contributed by atoms with E-state index in [1.165, 1.54) is 19.4 Å². The van der Waals surface area contributed by atoms with Gasteiger partial charge in [-0.05, 0) is 51.7 Å². The molecule has 45 heavy (non-hydrogen) atoms. The molecule has 1 saturated carbocycles. The number of hydrogen-bond acceptors (Lipinski definition) is 11. The predicted octanol–water partition coefficient (Wildman–Crippen LogP) is 2.91. The van der Waals surface area contributed by atoms with Crippen LogP contribution in [0.5, 0.6) is 11.6 Å². The molecule has 1 fully saturated rings. The maximum atomic E-state index is 13.6. The van der Waals surface area contributed by atoms with Crippen molar-refractivity contribution in [2.45, 2.75) is 76.5 Å². The van der Waals surface area contributed by atoms with E-state index in [0.717, 1.165) is 18.4 Å². The van der Waals surface area contributed by atoms with Crippen LogP contribution in [0.2, 0.25) is 0 Å². The molecule has 2 atom stereocenters. The van der Waals surface area contributed by atoms with Gasteiger partial charge in [0.1, 0.15) is 29.6 Å². The average Bonchev–Trinajstić information content (AvgIpc) is 3.72. The number of pyridine rings is 1. The van der Waals surface area contributed by atoms with Crippen LogP contribution in [0.1, 0.15) is 73.6 Å². The van der Waals surface area contributed by atoms with Crippen molar-refractivity contribution in [1.82, 2.24) is 25.8 Å². The van der Waals surface area contributed by atoms with Gasteiger partial charge >= 0.3 is 5.97 Å². The Kier molecular flexibility index (Phi) is 12.7. The summed E-state index contributed by atoms with van der Waals surface area (Å²) in [5.74, 6) is -0.428. The van der Waals surface area contributed by atoms with Gasteiger partial charge in [0.05, 0.1) is 13.5 Å². The van der Waals surface area contributed by atoms with E-state index in [9.17, 15) is 14.4 Å². The maximum Gasteiger partial charge on any atom is 0.308 e. The summed E-state index contributed by atoms with van der Waals surface area (Å²) in [4.78, 5) is 48.1. The van der Waals surface area contributed by atoms with Gasteiger partial charge in [0.25, 0.3) is 5.91 Å². The van der Waals surface area contributed by atoms with Crippen LogP contribution in [0.25, 0.3) is 0 Å². The molecule has 1 aliphatic carbocycles. The van der Waals surface area contributed by atoms with Crippen LogP contribution in [0, 0.1) is 0 Å². The van der Waals surface area contributed by atoms with Gasteiger partial charge < -0.3 is 35.1 Å². The molecule has 4 N–H and O–H groups in total. The molecule has 3 aromatic rings. The summed E-state index contributed by atoms with van der Waals surface area (Å²) in [6, 6.07) is 9.59. The lowest BCUT2D eigenvalue weighted by Gasteiger charge is -2.23. The van der Waals surface area contributed by atoms with Crippen molar-refractivity contribution in [1.29, 1.82) is 0 Å². The molecular weight excluding hydrogens is 604 g/mol. The second-order valence-corrected chi connectivity index (χ2v) is 11.6. The highest BCUT2D eigenvalue weighted by Crippen LogP contribution is 2.38. The highest BCUT2D eigenvalue weighted by atomic mass is 35.5. The number of benzene rings is 1. The van der Waals surface area contributed by atoms with Crippen LogP contribution in [0.3, 0.4) is 0 Å². The molecule has 1 aromatic carbocycles. The Labute approximate surface area is 268 Å². The van der Waals surface area contributed by atoms with Crippen molar-refractivity contribution in [3.8, 4) is 11.6 Å². The van der Waals surface area contributed by atoms with Gasteiger partial charge in [-0.3, -0.25) is 14.4 Å². The molecule has 0 unspecified atom stereocenters. The van der Waals surface area contributed by atoms with Crippen LogP contribution in [0.4, 0.5) is 0 Å². The van der Waals surface area contributed by atoms with Crippen molar-refractivity contribution in [3.63, 3.8) is 0 Å². The first kappa shape index (κ1) is 35.3. The van der Waals surface area contributed by atoms with E-state index in [4.69, 9.17) is 24.5 Å². The van der Waals surface area contributed by atoms with Crippen molar-refractivity contribution >= 4 is 30.2 Å². The van der Waals surface area contributed by atoms with Gasteiger partial charge in [0.15, 0.2) is 5.82 Å². The molecule has 2 heterocycles. The van der Waals surface area contributed by atoms with E-state index in [2.05, 4.69) is 25.8 Å². The third kappa shape index (κ3) is 11.0. The van der Waals surface area contributed by atoms with E-state index in [-0.39, 0.29) is 55.2 Å². The van der Waals surface area contributed by atoms with Crippen LogP contribution < -0.4 is 25.8 Å². The van der Waals surface area contributed by atoms with Gasteiger partial charge in [0.2, 0.25) is 17.7 Å². The monoisotopic (exact) mass is 644 g/mol. The number of amides is 2. The SMILES string of the molecule is COc1nccc(OC[C@H](N)Cc2ccccc2)c1C(=O)N[C@@H](CC(=O)OC(C)(C)C)C(=O)NCCc1nc(C2CC2)no1.Cl. The van der Waals surface area contributed by atoms with Gasteiger partial charge in [-0.15, -0.1) is 12.4 Å². The zero-order chi connectivity index (χ0) is 31.7. The highest BCUT2D eigenvalue weighted by Gasteiger charge is 2.31. The lowest BCUT2D eigenvalue weighted by Crippen LogP contribution is -2.49. The fraction of sp³-hybridized carbons (Fsp3) is 0.484. The number of methoxy groups -OCH3 is 1. The standard InChI is InChI=1S/C31H40N6O7.ClH/c1-31(2,3)43-25(38)17-22(28(39)33-15-13-24-36-27(37-44-24)20-10-11-20)35-29(40)26-23(12-14-34-30(26)41-4)42-18-21(32)16-19-8-6-5-7-9-19;/h5-9,12,14,20-22H,10-11,13,15-18,32H2,1-4H3,(H,33,39)(H,35,40);1H/t21-,22+;/m1./s1. The molecular formula is C31H41ClN6O7. The van der Waals surface area contributed by atoms with Gasteiger partial charge in [-0.2, -0.15) is 4.98 Å². The minimum Gasteiger partial charge on any atom is -0.491 e. The molecule has 2 aromatic heterocycles. The Morgan fingerprint density at radius 2 is 1.87 bits per heavy atom. The van der Waals surface area contributed by atoms with Crippen molar-refractivity contribution in [2.24, 2.45) is 5.73 Å². The Balaban J connectivity index is 0.00000552. The Morgan fingerprint density at radius 3 is 2.53 bits per heavy atom. The summed E-state index contributed by atoms with van der Waals surface area (Å²) in [5, 5.41) is 9.34. The number of halogens is 1. The topological polar surface area (TPSA) is 181 Å². The smallest absolute Gasteiger partial charge is 0.308 e. The number of rotatable bonds is 15. The first-order chi connectivity index (χ1) is 21.0. The Bertz CT molecular complexity index is 1430. The molecule has 4 rings (SSSR count). The molecule has 2 amide bonds. The Morgan fingerprint density at radius 1 is 1.13 bits per heavy atom. The van der Waals surface area contributed by atoms with Gasteiger partial charge in [-0.1, -0.05) is 35.5 Å². The van der Waals surface area contributed by atoms with Crippen LogP contribution in [0.15, 0.2) is 47.1 Å². The van der Waals surface area contributed by atoms with Gasteiger partial charge in [-0.25, -0.2) is 4.98 Å². The summed E-state index contributed by atoms with van der Waals surface area (Å²) in [6.45, 7) is 5.39. The number of esters is 1. The lowest BCUT2D eigenvalue weighted by atomic mass is 10.1. The van der Waals surface area contributed by atoms with E-state index < -0.39 is 35.8 Å². The number of aromatic nitrogens is 3. The zero-order valence-corrected chi connectivity index (χ0v) is 26.7. The van der Waals surface area contributed by atoms with Crippen molar-refractivity contribution < 1.29 is 33.1 Å². The normalized spacial score (nSPS) is 14.0. The third-order valence-electron chi connectivity index (χ3n) is 6.57. The maximum absolute atomic E-state index is 13.6. The molecule has 0 bridgehead atoms. The summed E-state index contributed by atoms with van der Waals surface area (Å²) in [6.07, 6.45) is 3.95. The minimum atomic E-state index is -1.28. The number of ether oxygens (including phenoxy) is 3. The number of carbonyl (C=O) groups is 3. The summed E-state index contributed by atoms with van der Waals surface area (Å²) in [7, 11) is 1.36. The minimum absolute atomic E-state index is 0. The molecule has 244 valence electrons. The quantitative estimate of drug-likeness (QED) is 0.207.